The van der Waals surface area contributed by atoms with Gasteiger partial charge in [-0.2, -0.15) is 0 Å². The molecule has 2 aromatic rings. The highest BCUT2D eigenvalue weighted by Crippen LogP contribution is 2.08. The maximum Gasteiger partial charge on any atom is 0.0570 e. The highest BCUT2D eigenvalue weighted by molar-refractivity contribution is 5.14. The first-order chi connectivity index (χ1) is 8.86. The Morgan fingerprint density at radius 3 is 2.56 bits per heavy atom. The first-order valence-electron chi connectivity index (χ1n) is 6.54. The van der Waals surface area contributed by atoms with E-state index in [1.165, 1.54) is 5.56 Å². The minimum Gasteiger partial charge on any atom is -0.309 e. The molecule has 0 saturated heterocycles. The van der Waals surface area contributed by atoms with Crippen molar-refractivity contribution in [2.45, 2.75) is 25.8 Å². The Balaban J connectivity index is 1.70. The lowest BCUT2D eigenvalue weighted by Crippen LogP contribution is -2.21. The van der Waals surface area contributed by atoms with E-state index in [0.29, 0.717) is 6.04 Å². The molecule has 0 aliphatic heterocycles. The van der Waals surface area contributed by atoms with Crippen molar-refractivity contribution in [1.29, 1.82) is 0 Å². The molecule has 1 aromatic heterocycles. The van der Waals surface area contributed by atoms with Gasteiger partial charge in [0.15, 0.2) is 0 Å². The largest absolute Gasteiger partial charge is 0.309 e. The van der Waals surface area contributed by atoms with Crippen molar-refractivity contribution >= 4 is 0 Å². The Kier molecular flexibility index (Phi) is 4.91. The van der Waals surface area contributed by atoms with Crippen LogP contribution in [0.15, 0.2) is 54.7 Å². The Bertz CT molecular complexity index is 439. The van der Waals surface area contributed by atoms with E-state index in [2.05, 4.69) is 53.6 Å². The number of nitrogens with zero attached hydrogens (tertiary/aromatic N) is 1. The van der Waals surface area contributed by atoms with Crippen molar-refractivity contribution in [3.05, 3.63) is 66.0 Å². The van der Waals surface area contributed by atoms with Gasteiger partial charge in [-0.15, -0.1) is 0 Å². The fraction of sp³-hybridized carbons (Fsp3) is 0.312. The summed E-state index contributed by atoms with van der Waals surface area (Å²) in [5, 5.41) is 3.51. The van der Waals surface area contributed by atoms with Crippen LogP contribution in [-0.4, -0.2) is 11.5 Å². The standard InChI is InChI=1S/C16H20N2/c1-14(16-11-5-6-12-18-16)17-13-7-10-15-8-3-2-4-9-15/h2-6,8-9,11-12,14,17H,7,10,13H2,1H3/t14-/m1/s1. The molecule has 0 aliphatic rings. The van der Waals surface area contributed by atoms with E-state index in [4.69, 9.17) is 0 Å². The van der Waals surface area contributed by atoms with Crippen molar-refractivity contribution in [2.75, 3.05) is 6.54 Å². The molecule has 0 spiro atoms. The second kappa shape index (κ2) is 6.92. The van der Waals surface area contributed by atoms with Crippen molar-refractivity contribution in [3.8, 4) is 0 Å². The molecule has 0 bridgehead atoms. The number of nitrogens with one attached hydrogen (secondary N) is 1. The summed E-state index contributed by atoms with van der Waals surface area (Å²) in [4.78, 5) is 4.35. The molecule has 1 N–H and O–H groups in total. The lowest BCUT2D eigenvalue weighted by molar-refractivity contribution is 0.547. The summed E-state index contributed by atoms with van der Waals surface area (Å²) in [5.74, 6) is 0. The minimum absolute atomic E-state index is 0.321. The topological polar surface area (TPSA) is 24.9 Å². The maximum atomic E-state index is 4.35. The molecule has 1 aromatic carbocycles. The van der Waals surface area contributed by atoms with E-state index < -0.39 is 0 Å². The van der Waals surface area contributed by atoms with Gasteiger partial charge in [0.1, 0.15) is 0 Å². The molecule has 0 aliphatic carbocycles. The third-order valence-corrected chi connectivity index (χ3v) is 3.07. The van der Waals surface area contributed by atoms with Crippen LogP contribution in [0.1, 0.15) is 30.6 Å². The van der Waals surface area contributed by atoms with E-state index in [-0.39, 0.29) is 0 Å². The number of benzene rings is 1. The van der Waals surface area contributed by atoms with Gasteiger partial charge < -0.3 is 5.32 Å². The molecule has 0 fully saturated rings. The molecular formula is C16H20N2. The summed E-state index contributed by atoms with van der Waals surface area (Å²) in [6.45, 7) is 3.18. The highest BCUT2D eigenvalue weighted by atomic mass is 14.9. The first kappa shape index (κ1) is 12.8. The average molecular weight is 240 g/mol. The molecule has 2 heteroatoms. The Labute approximate surface area is 109 Å². The van der Waals surface area contributed by atoms with Crippen LogP contribution < -0.4 is 5.32 Å². The summed E-state index contributed by atoms with van der Waals surface area (Å²) < 4.78 is 0. The van der Waals surface area contributed by atoms with Crippen LogP contribution in [0.3, 0.4) is 0 Å². The molecule has 2 nitrogen and oxygen atoms in total. The first-order valence-corrected chi connectivity index (χ1v) is 6.54. The zero-order valence-corrected chi connectivity index (χ0v) is 10.8. The third-order valence-electron chi connectivity index (χ3n) is 3.07. The van der Waals surface area contributed by atoms with Crippen LogP contribution in [0.4, 0.5) is 0 Å². The zero-order chi connectivity index (χ0) is 12.6. The molecule has 94 valence electrons. The number of rotatable bonds is 6. The van der Waals surface area contributed by atoms with Gasteiger partial charge >= 0.3 is 0 Å². The van der Waals surface area contributed by atoms with Crippen molar-refractivity contribution in [3.63, 3.8) is 0 Å². The Morgan fingerprint density at radius 2 is 1.83 bits per heavy atom. The summed E-state index contributed by atoms with van der Waals surface area (Å²) in [6.07, 6.45) is 4.13. The molecule has 1 atom stereocenters. The van der Waals surface area contributed by atoms with E-state index in [1.54, 1.807) is 0 Å². The van der Waals surface area contributed by atoms with Crippen LogP contribution in [0.2, 0.25) is 0 Å². The Morgan fingerprint density at radius 1 is 1.06 bits per heavy atom. The van der Waals surface area contributed by atoms with E-state index in [0.717, 1.165) is 25.1 Å². The number of hydrogen-bond donors (Lipinski definition) is 1. The van der Waals surface area contributed by atoms with Gasteiger partial charge in [0, 0.05) is 12.2 Å². The van der Waals surface area contributed by atoms with E-state index in [9.17, 15) is 0 Å². The molecule has 0 unspecified atom stereocenters. The van der Waals surface area contributed by atoms with E-state index in [1.807, 2.05) is 18.3 Å². The van der Waals surface area contributed by atoms with Crippen molar-refractivity contribution in [1.82, 2.24) is 10.3 Å². The second-order valence-corrected chi connectivity index (χ2v) is 4.52. The van der Waals surface area contributed by atoms with Crippen LogP contribution in [0.5, 0.6) is 0 Å². The van der Waals surface area contributed by atoms with Crippen LogP contribution >= 0.6 is 0 Å². The molecular weight excluding hydrogens is 220 g/mol. The van der Waals surface area contributed by atoms with Gasteiger partial charge in [0.2, 0.25) is 0 Å². The SMILES string of the molecule is C[C@@H](NCCCc1ccccc1)c1ccccn1. The minimum atomic E-state index is 0.321. The van der Waals surface area contributed by atoms with Gasteiger partial charge in [-0.3, -0.25) is 4.98 Å². The smallest absolute Gasteiger partial charge is 0.0570 e. The van der Waals surface area contributed by atoms with Crippen LogP contribution in [0, 0.1) is 0 Å². The number of aryl methyl sites for hydroxylation is 1. The van der Waals surface area contributed by atoms with Crippen molar-refractivity contribution < 1.29 is 0 Å². The molecule has 1 heterocycles. The molecule has 0 amide bonds. The maximum absolute atomic E-state index is 4.35. The predicted molar refractivity (Wildman–Crippen MR) is 75.4 cm³/mol. The van der Waals surface area contributed by atoms with Gasteiger partial charge in [-0.25, -0.2) is 0 Å². The van der Waals surface area contributed by atoms with Gasteiger partial charge in [0.05, 0.1) is 5.69 Å². The molecule has 0 radical (unpaired) electrons. The second-order valence-electron chi connectivity index (χ2n) is 4.52. The van der Waals surface area contributed by atoms with Gasteiger partial charge in [0.25, 0.3) is 0 Å². The average Bonchev–Trinajstić information content (AvgIpc) is 2.45. The summed E-state index contributed by atoms with van der Waals surface area (Å²) >= 11 is 0. The lowest BCUT2D eigenvalue weighted by atomic mass is 10.1. The fourth-order valence-corrected chi connectivity index (χ4v) is 1.99. The lowest BCUT2D eigenvalue weighted by Gasteiger charge is -2.12. The Hall–Kier alpha value is -1.67. The third kappa shape index (κ3) is 3.97. The number of pyridine rings is 1. The van der Waals surface area contributed by atoms with Crippen LogP contribution in [0.25, 0.3) is 0 Å². The highest BCUT2D eigenvalue weighted by Gasteiger charge is 2.04. The summed E-state index contributed by atoms with van der Waals surface area (Å²) in [7, 11) is 0. The van der Waals surface area contributed by atoms with Gasteiger partial charge in [-0.1, -0.05) is 36.4 Å². The zero-order valence-electron chi connectivity index (χ0n) is 10.8. The summed E-state index contributed by atoms with van der Waals surface area (Å²) in [5.41, 5.74) is 2.52. The van der Waals surface area contributed by atoms with Gasteiger partial charge in [-0.05, 0) is 44.0 Å². The molecule has 2 rings (SSSR count). The quantitative estimate of drug-likeness (QED) is 0.783. The molecule has 0 saturated carbocycles. The van der Waals surface area contributed by atoms with Crippen molar-refractivity contribution in [2.24, 2.45) is 0 Å². The van der Waals surface area contributed by atoms with E-state index >= 15 is 0 Å². The fourth-order valence-electron chi connectivity index (χ4n) is 1.99. The predicted octanol–water partition coefficient (Wildman–Crippen LogP) is 3.37. The molecule has 18 heavy (non-hydrogen) atoms. The number of hydrogen-bond acceptors (Lipinski definition) is 2. The monoisotopic (exact) mass is 240 g/mol. The number of aromatic nitrogens is 1. The normalized spacial score (nSPS) is 12.3. The summed E-state index contributed by atoms with van der Waals surface area (Å²) in [6, 6.07) is 17.0. The van der Waals surface area contributed by atoms with Crippen LogP contribution in [-0.2, 0) is 6.42 Å².